The van der Waals surface area contributed by atoms with E-state index in [1.54, 1.807) is 18.0 Å². The van der Waals surface area contributed by atoms with Crippen LogP contribution in [0.5, 0.6) is 0 Å². The van der Waals surface area contributed by atoms with Crippen LogP contribution < -0.4 is 0 Å². The summed E-state index contributed by atoms with van der Waals surface area (Å²) in [6.07, 6.45) is 11.4. The van der Waals surface area contributed by atoms with Crippen molar-refractivity contribution in [3.8, 4) is 0 Å². The maximum absolute atomic E-state index is 4.82. The minimum absolute atomic E-state index is 0.875. The zero-order valence-electron chi connectivity index (χ0n) is 7.57. The van der Waals surface area contributed by atoms with E-state index >= 15 is 0 Å². The van der Waals surface area contributed by atoms with Crippen molar-refractivity contribution in [1.29, 1.82) is 0 Å². The van der Waals surface area contributed by atoms with E-state index in [4.69, 9.17) is 4.52 Å². The van der Waals surface area contributed by atoms with Crippen molar-refractivity contribution >= 4 is 6.08 Å². The number of nitrogens with zero attached hydrogens (tertiary/aromatic N) is 1. The Bertz CT molecular complexity index is 304. The number of aromatic nitrogens is 1. The summed E-state index contributed by atoms with van der Waals surface area (Å²) in [6, 6.07) is 0. The van der Waals surface area contributed by atoms with Gasteiger partial charge in [0, 0.05) is 5.56 Å². The molecule has 13 heavy (non-hydrogen) atoms. The minimum Gasteiger partial charge on any atom is -0.364 e. The van der Waals surface area contributed by atoms with Gasteiger partial charge in [-0.15, -0.1) is 0 Å². The van der Waals surface area contributed by atoms with Crippen LogP contribution in [0.1, 0.15) is 31.2 Å². The Morgan fingerprint density at radius 1 is 1.23 bits per heavy atom. The van der Waals surface area contributed by atoms with E-state index < -0.39 is 0 Å². The van der Waals surface area contributed by atoms with Crippen LogP contribution in [-0.2, 0) is 0 Å². The quantitative estimate of drug-likeness (QED) is 0.656. The van der Waals surface area contributed by atoms with Gasteiger partial charge in [0.25, 0.3) is 0 Å². The van der Waals surface area contributed by atoms with Crippen molar-refractivity contribution in [2.24, 2.45) is 11.8 Å². The molecule has 0 unspecified atom stereocenters. The second kappa shape index (κ2) is 2.72. The van der Waals surface area contributed by atoms with Gasteiger partial charge in [0.1, 0.15) is 6.26 Å². The molecule has 3 rings (SSSR count). The summed E-state index contributed by atoms with van der Waals surface area (Å²) >= 11 is 0. The highest BCUT2D eigenvalue weighted by Crippen LogP contribution is 2.49. The van der Waals surface area contributed by atoms with Crippen LogP contribution in [0.3, 0.4) is 0 Å². The van der Waals surface area contributed by atoms with Crippen molar-refractivity contribution in [1.82, 2.24) is 5.16 Å². The Labute approximate surface area is 77.6 Å². The second-order valence-corrected chi connectivity index (χ2v) is 4.15. The zero-order chi connectivity index (χ0) is 8.67. The molecular formula is C11H13NO. The highest BCUT2D eigenvalue weighted by Gasteiger charge is 2.36. The molecular weight excluding hydrogens is 162 g/mol. The molecule has 0 amide bonds. The molecule has 0 radical (unpaired) electrons. The molecule has 2 fully saturated rings. The zero-order valence-corrected chi connectivity index (χ0v) is 7.57. The lowest BCUT2D eigenvalue weighted by Crippen LogP contribution is -1.90. The molecule has 0 aliphatic heterocycles. The van der Waals surface area contributed by atoms with Crippen LogP contribution >= 0.6 is 0 Å². The summed E-state index contributed by atoms with van der Waals surface area (Å²) in [5.41, 5.74) is 2.79. The third-order valence-corrected chi connectivity index (χ3v) is 3.45. The summed E-state index contributed by atoms with van der Waals surface area (Å²) in [7, 11) is 0. The van der Waals surface area contributed by atoms with E-state index in [0.29, 0.717) is 0 Å². The van der Waals surface area contributed by atoms with Crippen molar-refractivity contribution in [3.05, 3.63) is 23.6 Å². The molecule has 2 aliphatic carbocycles. The van der Waals surface area contributed by atoms with Gasteiger partial charge in [-0.3, -0.25) is 0 Å². The molecule has 0 atom stereocenters. The fraction of sp³-hybridized carbons (Fsp3) is 0.545. The van der Waals surface area contributed by atoms with E-state index in [1.165, 1.54) is 25.7 Å². The van der Waals surface area contributed by atoms with E-state index in [1.807, 2.05) is 0 Å². The predicted octanol–water partition coefficient (Wildman–Crippen LogP) is 2.88. The van der Waals surface area contributed by atoms with Crippen molar-refractivity contribution in [2.75, 3.05) is 0 Å². The van der Waals surface area contributed by atoms with E-state index in [-0.39, 0.29) is 0 Å². The topological polar surface area (TPSA) is 26.0 Å². The Morgan fingerprint density at radius 2 is 1.92 bits per heavy atom. The summed E-state index contributed by atoms with van der Waals surface area (Å²) in [5.74, 6) is 1.75. The summed E-state index contributed by atoms with van der Waals surface area (Å²) in [4.78, 5) is 0. The van der Waals surface area contributed by atoms with Crippen LogP contribution in [0.2, 0.25) is 0 Å². The summed E-state index contributed by atoms with van der Waals surface area (Å²) in [6.45, 7) is 0. The number of allylic oxidation sites excluding steroid dienone is 1. The average molecular weight is 175 g/mol. The molecule has 0 aromatic carbocycles. The fourth-order valence-corrected chi connectivity index (χ4v) is 2.81. The SMILES string of the molecule is C(=C1C2CCC1CC2)c1cnoc1. The van der Waals surface area contributed by atoms with Crippen LogP contribution in [0.15, 0.2) is 22.6 Å². The van der Waals surface area contributed by atoms with E-state index in [9.17, 15) is 0 Å². The Hall–Kier alpha value is -1.05. The fourth-order valence-electron chi connectivity index (χ4n) is 2.81. The van der Waals surface area contributed by atoms with Gasteiger partial charge in [0.05, 0.1) is 6.20 Å². The van der Waals surface area contributed by atoms with Gasteiger partial charge in [-0.2, -0.15) is 0 Å². The molecule has 0 spiro atoms. The first-order valence-electron chi connectivity index (χ1n) is 5.04. The van der Waals surface area contributed by atoms with Crippen LogP contribution in [0.4, 0.5) is 0 Å². The normalized spacial score (nSPS) is 31.2. The molecule has 2 bridgehead atoms. The molecule has 2 saturated carbocycles. The van der Waals surface area contributed by atoms with Gasteiger partial charge in [0.15, 0.2) is 0 Å². The molecule has 2 nitrogen and oxygen atoms in total. The van der Waals surface area contributed by atoms with Crippen molar-refractivity contribution in [3.63, 3.8) is 0 Å². The molecule has 2 heteroatoms. The number of fused-ring (bicyclic) bond motifs is 2. The van der Waals surface area contributed by atoms with Gasteiger partial charge in [-0.1, -0.05) is 16.8 Å². The minimum atomic E-state index is 0.875. The Balaban J connectivity index is 1.93. The lowest BCUT2D eigenvalue weighted by atomic mass is 10.0. The first-order valence-corrected chi connectivity index (χ1v) is 5.04. The standard InChI is InChI=1S/C11H13NO/c1-2-10-4-3-9(1)11(10)5-8-6-12-13-7-8/h5-7,9-10H,1-4H2. The summed E-state index contributed by atoms with van der Waals surface area (Å²) < 4.78 is 4.82. The van der Waals surface area contributed by atoms with Crippen LogP contribution in [0.25, 0.3) is 6.08 Å². The number of hydrogen-bond acceptors (Lipinski definition) is 2. The molecule has 1 aromatic heterocycles. The van der Waals surface area contributed by atoms with Gasteiger partial charge in [0.2, 0.25) is 0 Å². The molecule has 1 aromatic rings. The highest BCUT2D eigenvalue weighted by molar-refractivity contribution is 5.53. The summed E-state index contributed by atoms with van der Waals surface area (Å²) in [5, 5.41) is 3.72. The molecule has 0 saturated heterocycles. The van der Waals surface area contributed by atoms with Crippen LogP contribution in [-0.4, -0.2) is 5.16 Å². The van der Waals surface area contributed by atoms with Gasteiger partial charge in [-0.05, 0) is 37.5 Å². The van der Waals surface area contributed by atoms with Crippen molar-refractivity contribution < 1.29 is 4.52 Å². The predicted molar refractivity (Wildman–Crippen MR) is 49.9 cm³/mol. The number of rotatable bonds is 1. The monoisotopic (exact) mass is 175 g/mol. The second-order valence-electron chi connectivity index (χ2n) is 4.15. The van der Waals surface area contributed by atoms with Gasteiger partial charge >= 0.3 is 0 Å². The van der Waals surface area contributed by atoms with Crippen molar-refractivity contribution in [2.45, 2.75) is 25.7 Å². The maximum Gasteiger partial charge on any atom is 0.131 e. The smallest absolute Gasteiger partial charge is 0.131 e. The largest absolute Gasteiger partial charge is 0.364 e. The van der Waals surface area contributed by atoms with E-state index in [2.05, 4.69) is 11.2 Å². The third kappa shape index (κ3) is 1.12. The molecule has 2 aliphatic rings. The maximum atomic E-state index is 4.82. The van der Waals surface area contributed by atoms with Gasteiger partial charge in [-0.25, -0.2) is 0 Å². The Kier molecular flexibility index (Phi) is 1.54. The first-order chi connectivity index (χ1) is 6.43. The highest BCUT2D eigenvalue weighted by atomic mass is 16.5. The van der Waals surface area contributed by atoms with Gasteiger partial charge < -0.3 is 4.52 Å². The Morgan fingerprint density at radius 3 is 2.46 bits per heavy atom. The number of hydrogen-bond donors (Lipinski definition) is 0. The molecule has 0 N–H and O–H groups in total. The van der Waals surface area contributed by atoms with E-state index in [0.717, 1.165) is 17.4 Å². The lowest BCUT2D eigenvalue weighted by molar-refractivity contribution is 0.419. The molecule has 68 valence electrons. The average Bonchev–Trinajstić information content (AvgIpc) is 2.85. The molecule has 1 heterocycles. The van der Waals surface area contributed by atoms with Crippen LogP contribution in [0, 0.1) is 11.8 Å². The third-order valence-electron chi connectivity index (χ3n) is 3.45. The first kappa shape index (κ1) is 7.36. The lowest BCUT2D eigenvalue weighted by Gasteiger charge is -2.04.